The van der Waals surface area contributed by atoms with Gasteiger partial charge in [0.2, 0.25) is 11.8 Å². The van der Waals surface area contributed by atoms with E-state index in [1.807, 2.05) is 65.8 Å². The SMILES string of the molecule is CN[C@H](C(=O)N1C[C@H](O)C[C@H]1C(=O)N[C@@H](C)c1ccc(-c2c(C)noc2C)cc1)C(C)(C)C. The molecule has 0 spiro atoms. The Labute approximate surface area is 195 Å². The molecule has 3 N–H and O–H groups in total. The lowest BCUT2D eigenvalue weighted by Crippen LogP contribution is -2.56. The highest BCUT2D eigenvalue weighted by atomic mass is 16.5. The molecule has 3 rings (SSSR count). The molecular formula is C25H36N4O4. The monoisotopic (exact) mass is 456 g/mol. The first-order chi connectivity index (χ1) is 15.4. The van der Waals surface area contributed by atoms with Crippen LogP contribution >= 0.6 is 0 Å². The quantitative estimate of drug-likeness (QED) is 0.617. The van der Waals surface area contributed by atoms with Gasteiger partial charge in [0, 0.05) is 18.5 Å². The number of aliphatic hydroxyl groups excluding tert-OH is 1. The van der Waals surface area contributed by atoms with Crippen molar-refractivity contribution in [2.75, 3.05) is 13.6 Å². The number of aliphatic hydroxyl groups is 1. The Morgan fingerprint density at radius 1 is 1.21 bits per heavy atom. The summed E-state index contributed by atoms with van der Waals surface area (Å²) in [6.45, 7) is 11.8. The van der Waals surface area contributed by atoms with E-state index in [1.54, 1.807) is 7.05 Å². The minimum atomic E-state index is -0.716. The van der Waals surface area contributed by atoms with Crippen LogP contribution in [0.25, 0.3) is 11.1 Å². The van der Waals surface area contributed by atoms with Gasteiger partial charge in [-0.1, -0.05) is 50.2 Å². The number of benzene rings is 1. The predicted octanol–water partition coefficient (Wildman–Crippen LogP) is 2.73. The Kier molecular flexibility index (Phi) is 7.29. The summed E-state index contributed by atoms with van der Waals surface area (Å²) in [6.07, 6.45) is -0.484. The van der Waals surface area contributed by atoms with Crippen molar-refractivity contribution in [3.05, 3.63) is 41.3 Å². The molecule has 1 aromatic carbocycles. The number of β-amino-alcohol motifs (C(OH)–C–C–N with tert-alkyl or cyclic N) is 1. The Morgan fingerprint density at radius 3 is 2.36 bits per heavy atom. The molecule has 33 heavy (non-hydrogen) atoms. The van der Waals surface area contributed by atoms with Gasteiger partial charge in [-0.05, 0) is 44.4 Å². The second-order valence-corrected chi connectivity index (χ2v) is 10.0. The largest absolute Gasteiger partial charge is 0.391 e. The molecule has 1 aliphatic rings. The molecule has 0 unspecified atom stereocenters. The molecule has 1 aliphatic heterocycles. The smallest absolute Gasteiger partial charge is 0.243 e. The van der Waals surface area contributed by atoms with Crippen molar-refractivity contribution < 1.29 is 19.2 Å². The molecule has 8 nitrogen and oxygen atoms in total. The number of hydrogen-bond acceptors (Lipinski definition) is 6. The first-order valence-corrected chi connectivity index (χ1v) is 11.4. The third-order valence-corrected chi connectivity index (χ3v) is 6.36. The van der Waals surface area contributed by atoms with E-state index in [2.05, 4.69) is 15.8 Å². The van der Waals surface area contributed by atoms with Crippen LogP contribution < -0.4 is 10.6 Å². The first kappa shape index (κ1) is 24.9. The molecule has 0 radical (unpaired) electrons. The van der Waals surface area contributed by atoms with Crippen molar-refractivity contribution in [2.45, 2.75) is 72.2 Å². The summed E-state index contributed by atoms with van der Waals surface area (Å²) in [7, 11) is 1.74. The summed E-state index contributed by atoms with van der Waals surface area (Å²) in [5.74, 6) is 0.338. The maximum absolute atomic E-state index is 13.2. The van der Waals surface area contributed by atoms with Crippen LogP contribution in [0, 0.1) is 19.3 Å². The lowest BCUT2D eigenvalue weighted by atomic mass is 9.86. The van der Waals surface area contributed by atoms with Crippen LogP contribution in [0.3, 0.4) is 0 Å². The Balaban J connectivity index is 1.72. The van der Waals surface area contributed by atoms with Crippen molar-refractivity contribution in [3.63, 3.8) is 0 Å². The van der Waals surface area contributed by atoms with Crippen molar-refractivity contribution in [3.8, 4) is 11.1 Å². The number of hydrogen-bond donors (Lipinski definition) is 3. The standard InChI is InChI=1S/C25H36N4O4/c1-14(17-8-10-18(11-9-17)21-15(2)28-33-16(21)3)27-23(31)20-12-19(30)13-29(20)24(32)22(26-7)25(4,5)6/h8-11,14,19-20,22,26,30H,12-13H2,1-7H3,(H,27,31)/t14-,19+,20-,22+/m0/s1. The molecule has 0 saturated carbocycles. The summed E-state index contributed by atoms with van der Waals surface area (Å²) in [5.41, 5.74) is 3.44. The first-order valence-electron chi connectivity index (χ1n) is 11.4. The van der Waals surface area contributed by atoms with Crippen molar-refractivity contribution in [1.29, 1.82) is 0 Å². The number of likely N-dealkylation sites (tertiary alicyclic amines) is 1. The van der Waals surface area contributed by atoms with Crippen LogP contribution in [0.4, 0.5) is 0 Å². The topological polar surface area (TPSA) is 108 Å². The second kappa shape index (κ2) is 9.65. The summed E-state index contributed by atoms with van der Waals surface area (Å²) >= 11 is 0. The normalized spacial score (nSPS) is 20.5. The van der Waals surface area contributed by atoms with E-state index in [-0.39, 0.29) is 36.2 Å². The van der Waals surface area contributed by atoms with Gasteiger partial charge in [-0.25, -0.2) is 0 Å². The number of nitrogens with one attached hydrogen (secondary N) is 2. The van der Waals surface area contributed by atoms with Gasteiger partial charge in [0.1, 0.15) is 11.8 Å². The van der Waals surface area contributed by atoms with Gasteiger partial charge in [-0.2, -0.15) is 0 Å². The molecule has 1 aromatic heterocycles. The minimum absolute atomic E-state index is 0.158. The van der Waals surface area contributed by atoms with Crippen LogP contribution in [0.1, 0.15) is 57.2 Å². The number of carbonyl (C=O) groups is 2. The minimum Gasteiger partial charge on any atom is -0.391 e. The number of aromatic nitrogens is 1. The molecule has 2 aromatic rings. The van der Waals surface area contributed by atoms with E-state index < -0.39 is 18.2 Å². The highest BCUT2D eigenvalue weighted by Crippen LogP contribution is 2.29. The molecule has 0 aliphatic carbocycles. The van der Waals surface area contributed by atoms with Crippen LogP contribution in [0.5, 0.6) is 0 Å². The maximum Gasteiger partial charge on any atom is 0.243 e. The molecule has 2 amide bonds. The summed E-state index contributed by atoms with van der Waals surface area (Å²) in [4.78, 5) is 27.9. The zero-order valence-corrected chi connectivity index (χ0v) is 20.6. The van der Waals surface area contributed by atoms with Gasteiger partial charge >= 0.3 is 0 Å². The Bertz CT molecular complexity index is 973. The van der Waals surface area contributed by atoms with E-state index >= 15 is 0 Å². The van der Waals surface area contributed by atoms with E-state index in [4.69, 9.17) is 4.52 Å². The molecule has 2 heterocycles. The molecular weight excluding hydrogens is 420 g/mol. The van der Waals surface area contributed by atoms with Gasteiger partial charge in [0.25, 0.3) is 0 Å². The van der Waals surface area contributed by atoms with Gasteiger partial charge in [-0.3, -0.25) is 9.59 Å². The van der Waals surface area contributed by atoms with Crippen LogP contribution in [0.2, 0.25) is 0 Å². The van der Waals surface area contributed by atoms with E-state index in [9.17, 15) is 14.7 Å². The number of likely N-dealkylation sites (N-methyl/N-ethyl adjacent to an activating group) is 1. The van der Waals surface area contributed by atoms with Crippen LogP contribution in [0.15, 0.2) is 28.8 Å². The zero-order chi connectivity index (χ0) is 24.5. The average Bonchev–Trinajstić information content (AvgIpc) is 3.29. The van der Waals surface area contributed by atoms with E-state index in [1.165, 1.54) is 4.90 Å². The van der Waals surface area contributed by atoms with Crippen molar-refractivity contribution in [1.82, 2.24) is 20.7 Å². The van der Waals surface area contributed by atoms with Gasteiger partial charge in [0.05, 0.1) is 23.9 Å². The fourth-order valence-corrected chi connectivity index (χ4v) is 4.63. The summed E-state index contributed by atoms with van der Waals surface area (Å²) < 4.78 is 5.26. The molecule has 4 atom stereocenters. The molecule has 180 valence electrons. The lowest BCUT2D eigenvalue weighted by molar-refractivity contribution is -0.142. The number of amides is 2. The lowest BCUT2D eigenvalue weighted by Gasteiger charge is -2.34. The third kappa shape index (κ3) is 5.28. The Hall–Kier alpha value is -2.71. The Morgan fingerprint density at radius 2 is 1.85 bits per heavy atom. The molecule has 8 heteroatoms. The van der Waals surface area contributed by atoms with Crippen molar-refractivity contribution >= 4 is 11.8 Å². The van der Waals surface area contributed by atoms with Crippen molar-refractivity contribution in [2.24, 2.45) is 5.41 Å². The van der Waals surface area contributed by atoms with Gasteiger partial charge in [-0.15, -0.1) is 0 Å². The number of rotatable bonds is 6. The summed E-state index contributed by atoms with van der Waals surface area (Å²) in [5, 5.41) is 20.3. The molecule has 0 bridgehead atoms. The van der Waals surface area contributed by atoms with E-state index in [0.717, 1.165) is 28.1 Å². The van der Waals surface area contributed by atoms with Gasteiger partial charge in [0.15, 0.2) is 0 Å². The van der Waals surface area contributed by atoms with Crippen LogP contribution in [-0.2, 0) is 9.59 Å². The average molecular weight is 457 g/mol. The number of aryl methyl sites for hydroxylation is 2. The number of nitrogens with zero attached hydrogens (tertiary/aromatic N) is 2. The highest BCUT2D eigenvalue weighted by Gasteiger charge is 2.43. The number of carbonyl (C=O) groups excluding carboxylic acids is 2. The maximum atomic E-state index is 13.2. The second-order valence-electron chi connectivity index (χ2n) is 10.0. The highest BCUT2D eigenvalue weighted by molar-refractivity contribution is 5.91. The fourth-order valence-electron chi connectivity index (χ4n) is 4.63. The fraction of sp³-hybridized carbons (Fsp3) is 0.560. The molecule has 1 saturated heterocycles. The molecule has 1 fully saturated rings. The third-order valence-electron chi connectivity index (χ3n) is 6.36. The van der Waals surface area contributed by atoms with E-state index in [0.29, 0.717) is 0 Å². The van der Waals surface area contributed by atoms with Gasteiger partial charge < -0.3 is 25.2 Å². The predicted molar refractivity (Wildman–Crippen MR) is 126 cm³/mol. The zero-order valence-electron chi connectivity index (χ0n) is 20.6. The van der Waals surface area contributed by atoms with Crippen LogP contribution in [-0.4, -0.2) is 58.8 Å². The summed E-state index contributed by atoms with van der Waals surface area (Å²) in [6, 6.07) is 6.50.